The van der Waals surface area contributed by atoms with Crippen molar-refractivity contribution >= 4 is 12.3 Å². The molecule has 1 radical (unpaired) electrons. The Hall–Kier alpha value is -1.54. The molecular weight excluding hydrogens is 320 g/mol. The number of ether oxygens (including phenoxy) is 5. The summed E-state index contributed by atoms with van der Waals surface area (Å²) in [7, 11) is 0. The van der Waals surface area contributed by atoms with E-state index in [0.717, 1.165) is 39.0 Å². The van der Waals surface area contributed by atoms with Crippen molar-refractivity contribution in [2.45, 2.75) is 77.5 Å². The number of hydrogen-bond donors (Lipinski definition) is 0. The number of hydrogen-bond acceptors (Lipinski definition) is 7. The molecule has 0 saturated heterocycles. The Kier molecular flexibility index (Phi) is 7.75. The van der Waals surface area contributed by atoms with Crippen molar-refractivity contribution in [3.63, 3.8) is 0 Å². The van der Waals surface area contributed by atoms with Gasteiger partial charge in [-0.15, -0.1) is 0 Å². The smallest absolute Gasteiger partial charge is 0.432 e. The first kappa shape index (κ1) is 20.5. The van der Waals surface area contributed by atoms with Gasteiger partial charge in [-0.1, -0.05) is 6.42 Å². The van der Waals surface area contributed by atoms with E-state index in [1.807, 2.05) is 0 Å². The van der Waals surface area contributed by atoms with Crippen molar-refractivity contribution in [2.24, 2.45) is 0 Å². The first-order valence-electron chi connectivity index (χ1n) is 8.17. The third-order valence-corrected chi connectivity index (χ3v) is 3.14. The molecule has 0 amide bonds. The van der Waals surface area contributed by atoms with Gasteiger partial charge >= 0.3 is 18.3 Å². The van der Waals surface area contributed by atoms with Gasteiger partial charge < -0.3 is 23.7 Å². The van der Waals surface area contributed by atoms with Crippen LogP contribution in [0, 0.1) is 0 Å². The maximum absolute atomic E-state index is 11.8. The minimum absolute atomic E-state index is 0.104. The van der Waals surface area contributed by atoms with Crippen molar-refractivity contribution in [1.29, 1.82) is 0 Å². The number of carbonyl (C=O) groups is 2. The predicted molar refractivity (Wildman–Crippen MR) is 81.7 cm³/mol. The van der Waals surface area contributed by atoms with E-state index in [-0.39, 0.29) is 19.3 Å². The normalized spacial score (nSPS) is 18.4. The summed E-state index contributed by atoms with van der Waals surface area (Å²) in [5.74, 6) is -2.43. The molecule has 0 aromatic carbocycles. The second-order valence-electron chi connectivity index (χ2n) is 6.75. The fraction of sp³-hybridized carbons (Fsp3) is 0.875. The molecule has 24 heavy (non-hydrogen) atoms. The molecular formula is C16H27O8. The highest BCUT2D eigenvalue weighted by molar-refractivity contribution is 5.60. The first-order valence-corrected chi connectivity index (χ1v) is 8.17. The van der Waals surface area contributed by atoms with Crippen LogP contribution < -0.4 is 0 Å². The molecule has 1 rings (SSSR count). The van der Waals surface area contributed by atoms with Crippen molar-refractivity contribution in [3.05, 3.63) is 0 Å². The minimum Gasteiger partial charge on any atom is -0.432 e. The van der Waals surface area contributed by atoms with Crippen LogP contribution in [0.15, 0.2) is 0 Å². The van der Waals surface area contributed by atoms with Gasteiger partial charge in [-0.25, -0.2) is 9.59 Å². The average molecular weight is 347 g/mol. The fourth-order valence-electron chi connectivity index (χ4n) is 2.16. The van der Waals surface area contributed by atoms with Crippen molar-refractivity contribution in [1.82, 2.24) is 0 Å². The molecule has 1 atom stereocenters. The van der Waals surface area contributed by atoms with Crippen LogP contribution >= 0.6 is 0 Å². The van der Waals surface area contributed by atoms with Crippen LogP contribution in [0.2, 0.25) is 0 Å². The van der Waals surface area contributed by atoms with Gasteiger partial charge in [0.05, 0.1) is 6.61 Å². The lowest BCUT2D eigenvalue weighted by atomic mass is 9.98. The minimum atomic E-state index is -2.43. The third kappa shape index (κ3) is 9.57. The highest BCUT2D eigenvalue weighted by Gasteiger charge is 2.32. The highest BCUT2D eigenvalue weighted by Crippen LogP contribution is 2.20. The second kappa shape index (κ2) is 9.08. The molecule has 1 saturated carbocycles. The van der Waals surface area contributed by atoms with Gasteiger partial charge in [0.2, 0.25) is 0 Å². The standard InChI is InChI=1S/C16H27O8/c1-15(2,3)23-14(18)24-16(4,19)21-11-10-20-13(17)22-12-8-6-5-7-9-12/h12H,5-11H2,1-4H3. The lowest BCUT2D eigenvalue weighted by Crippen LogP contribution is -2.37. The van der Waals surface area contributed by atoms with E-state index in [2.05, 4.69) is 4.74 Å². The Morgan fingerprint density at radius 1 is 0.917 bits per heavy atom. The van der Waals surface area contributed by atoms with Crippen molar-refractivity contribution < 1.29 is 38.4 Å². The molecule has 8 heteroatoms. The molecule has 8 nitrogen and oxygen atoms in total. The van der Waals surface area contributed by atoms with Crippen LogP contribution in [0.5, 0.6) is 0 Å². The zero-order chi connectivity index (χ0) is 18.2. The molecule has 0 heterocycles. The topological polar surface area (TPSA) is 100 Å². The lowest BCUT2D eigenvalue weighted by molar-refractivity contribution is -0.359. The molecule has 1 fully saturated rings. The van der Waals surface area contributed by atoms with Gasteiger partial charge in [-0.2, -0.15) is 5.11 Å². The number of rotatable bonds is 6. The molecule has 1 unspecified atom stereocenters. The van der Waals surface area contributed by atoms with E-state index in [0.29, 0.717) is 0 Å². The van der Waals surface area contributed by atoms with Gasteiger partial charge in [-0.05, 0) is 46.5 Å². The molecule has 0 N–H and O–H groups in total. The second-order valence-corrected chi connectivity index (χ2v) is 6.75. The molecule has 1 aliphatic carbocycles. The van der Waals surface area contributed by atoms with Gasteiger partial charge in [0.15, 0.2) is 0 Å². The Balaban J connectivity index is 2.18. The van der Waals surface area contributed by atoms with E-state index < -0.39 is 23.9 Å². The van der Waals surface area contributed by atoms with Gasteiger partial charge in [-0.3, -0.25) is 0 Å². The maximum Gasteiger partial charge on any atom is 0.513 e. The molecule has 0 spiro atoms. The van der Waals surface area contributed by atoms with Gasteiger partial charge in [0.1, 0.15) is 18.3 Å². The Labute approximate surface area is 142 Å². The molecule has 0 bridgehead atoms. The van der Waals surface area contributed by atoms with Crippen LogP contribution in [-0.2, 0) is 28.8 Å². The van der Waals surface area contributed by atoms with E-state index in [1.165, 1.54) is 0 Å². The monoisotopic (exact) mass is 347 g/mol. The van der Waals surface area contributed by atoms with E-state index in [9.17, 15) is 14.7 Å². The lowest BCUT2D eigenvalue weighted by Gasteiger charge is -2.24. The highest BCUT2D eigenvalue weighted by atomic mass is 16.9. The van der Waals surface area contributed by atoms with Gasteiger partial charge in [0, 0.05) is 6.92 Å². The fourth-order valence-corrected chi connectivity index (χ4v) is 2.16. The third-order valence-electron chi connectivity index (χ3n) is 3.14. The Morgan fingerprint density at radius 2 is 1.54 bits per heavy atom. The average Bonchev–Trinajstić information content (AvgIpc) is 2.42. The molecule has 0 aromatic heterocycles. The summed E-state index contributed by atoms with van der Waals surface area (Å²) in [6, 6.07) is 0. The van der Waals surface area contributed by atoms with Crippen LogP contribution in [0.25, 0.3) is 0 Å². The quantitative estimate of drug-likeness (QED) is 0.411. The zero-order valence-electron chi connectivity index (χ0n) is 14.8. The van der Waals surface area contributed by atoms with Crippen molar-refractivity contribution in [3.8, 4) is 0 Å². The van der Waals surface area contributed by atoms with Crippen LogP contribution in [0.4, 0.5) is 9.59 Å². The number of carbonyl (C=O) groups excluding carboxylic acids is 2. The molecule has 1 aliphatic rings. The maximum atomic E-state index is 11.8. The summed E-state index contributed by atoms with van der Waals surface area (Å²) in [6.45, 7) is 5.54. The summed E-state index contributed by atoms with van der Waals surface area (Å²) < 4.78 is 24.2. The van der Waals surface area contributed by atoms with E-state index in [4.69, 9.17) is 18.9 Å². The van der Waals surface area contributed by atoms with E-state index in [1.54, 1.807) is 20.8 Å². The summed E-state index contributed by atoms with van der Waals surface area (Å²) in [5, 5.41) is 11.8. The summed E-state index contributed by atoms with van der Waals surface area (Å²) in [5.41, 5.74) is -0.779. The van der Waals surface area contributed by atoms with Crippen LogP contribution in [-0.4, -0.2) is 43.2 Å². The predicted octanol–water partition coefficient (Wildman–Crippen LogP) is 3.54. The Morgan fingerprint density at radius 3 is 2.12 bits per heavy atom. The Bertz CT molecular complexity index is 407. The summed E-state index contributed by atoms with van der Waals surface area (Å²) >= 11 is 0. The largest absolute Gasteiger partial charge is 0.513 e. The molecule has 139 valence electrons. The van der Waals surface area contributed by atoms with Crippen LogP contribution in [0.1, 0.15) is 59.8 Å². The zero-order valence-corrected chi connectivity index (χ0v) is 14.8. The SMILES string of the molecule is CC(C)(C)OC(=O)OC(C)([O])OCCOC(=O)OC1CCCCC1. The molecule has 0 aromatic rings. The summed E-state index contributed by atoms with van der Waals surface area (Å²) in [4.78, 5) is 22.9. The molecule has 0 aliphatic heterocycles. The summed E-state index contributed by atoms with van der Waals surface area (Å²) in [6.07, 6.45) is 2.90. The first-order chi connectivity index (χ1) is 11.1. The van der Waals surface area contributed by atoms with Crippen LogP contribution in [0.3, 0.4) is 0 Å². The van der Waals surface area contributed by atoms with E-state index >= 15 is 0 Å². The van der Waals surface area contributed by atoms with Gasteiger partial charge in [0.25, 0.3) is 0 Å². The van der Waals surface area contributed by atoms with Crippen molar-refractivity contribution in [2.75, 3.05) is 13.2 Å².